The largest absolute Gasteiger partial charge is 0.493 e. The molecule has 2 bridgehead atoms. The average molecular weight is 426 g/mol. The molecular formula is C24H31N3O4. The summed E-state index contributed by atoms with van der Waals surface area (Å²) < 4.78 is 12.2. The van der Waals surface area contributed by atoms with E-state index in [-0.39, 0.29) is 24.0 Å². The van der Waals surface area contributed by atoms with Gasteiger partial charge in [-0.15, -0.1) is 0 Å². The Kier molecular flexibility index (Phi) is 5.96. The van der Waals surface area contributed by atoms with Gasteiger partial charge in [-0.05, 0) is 31.4 Å². The standard InChI is InChI=1S/C24H31N3O4/c28-23-21-16-26(17-5-3-6-17)12-13-27(21)24(29)20-9-1-2-10-22(20)30-14-11-18-7-4-8-19(31-18)15-25-23/h1-2,4,8-10,17-19,21H,3,5-7,11-16H2,(H,25,28)/t18-,19-,21-/m0/s1. The van der Waals surface area contributed by atoms with Gasteiger partial charge in [-0.2, -0.15) is 0 Å². The Balaban J connectivity index is 1.43. The first-order valence-electron chi connectivity index (χ1n) is 11.6. The lowest BCUT2D eigenvalue weighted by Crippen LogP contribution is -2.63. The van der Waals surface area contributed by atoms with E-state index in [9.17, 15) is 9.59 Å². The highest BCUT2D eigenvalue weighted by Crippen LogP contribution is 2.29. The molecule has 3 aliphatic heterocycles. The second-order valence-corrected chi connectivity index (χ2v) is 8.93. The maximum Gasteiger partial charge on any atom is 0.258 e. The third-order valence-electron chi connectivity index (χ3n) is 6.98. The number of carbonyl (C=O) groups is 2. The van der Waals surface area contributed by atoms with Gasteiger partial charge < -0.3 is 19.7 Å². The number of nitrogens with zero attached hydrogens (tertiary/aromatic N) is 2. The van der Waals surface area contributed by atoms with E-state index in [1.807, 2.05) is 24.3 Å². The highest BCUT2D eigenvalue weighted by Gasteiger charge is 2.39. The minimum Gasteiger partial charge on any atom is -0.493 e. The summed E-state index contributed by atoms with van der Waals surface area (Å²) >= 11 is 0. The predicted octanol–water partition coefficient (Wildman–Crippen LogP) is 1.98. The van der Waals surface area contributed by atoms with E-state index < -0.39 is 6.04 Å². The number of fused-ring (bicyclic) bond motifs is 4. The van der Waals surface area contributed by atoms with E-state index in [4.69, 9.17) is 9.47 Å². The molecule has 1 N–H and O–H groups in total. The van der Waals surface area contributed by atoms with Crippen molar-refractivity contribution in [1.82, 2.24) is 15.1 Å². The number of piperazine rings is 1. The quantitative estimate of drug-likeness (QED) is 0.697. The van der Waals surface area contributed by atoms with Gasteiger partial charge in [0.05, 0.1) is 24.4 Å². The minimum absolute atomic E-state index is 0.0537. The Hall–Kier alpha value is -2.38. The van der Waals surface area contributed by atoms with Crippen molar-refractivity contribution in [2.45, 2.75) is 56.4 Å². The van der Waals surface area contributed by atoms with Crippen LogP contribution in [-0.2, 0) is 9.53 Å². The second kappa shape index (κ2) is 9.01. The lowest BCUT2D eigenvalue weighted by Gasteiger charge is -2.46. The summed E-state index contributed by atoms with van der Waals surface area (Å²) in [6, 6.07) is 7.39. The Labute approximate surface area is 183 Å². The molecule has 1 saturated heterocycles. The van der Waals surface area contributed by atoms with Crippen molar-refractivity contribution in [2.24, 2.45) is 0 Å². The number of ether oxygens (including phenoxy) is 2. The average Bonchev–Trinajstić information content (AvgIpc) is 2.76. The van der Waals surface area contributed by atoms with E-state index >= 15 is 0 Å². The molecule has 0 aromatic heterocycles. The van der Waals surface area contributed by atoms with Gasteiger partial charge in [0.15, 0.2) is 0 Å². The summed E-state index contributed by atoms with van der Waals surface area (Å²) in [5.74, 6) is 0.345. The Bertz CT molecular complexity index is 853. The number of para-hydroxylation sites is 1. The molecule has 3 atom stereocenters. The lowest BCUT2D eigenvalue weighted by molar-refractivity contribution is -0.129. The summed E-state index contributed by atoms with van der Waals surface area (Å²) in [4.78, 5) is 30.9. The third-order valence-corrected chi connectivity index (χ3v) is 6.98. The first-order valence-corrected chi connectivity index (χ1v) is 11.6. The smallest absolute Gasteiger partial charge is 0.258 e. The highest BCUT2D eigenvalue weighted by atomic mass is 16.5. The van der Waals surface area contributed by atoms with Gasteiger partial charge in [0, 0.05) is 38.6 Å². The number of amides is 2. The molecular weight excluding hydrogens is 394 g/mol. The summed E-state index contributed by atoms with van der Waals surface area (Å²) in [5.41, 5.74) is 0.525. The van der Waals surface area contributed by atoms with Crippen molar-refractivity contribution in [3.63, 3.8) is 0 Å². The molecule has 7 heteroatoms. The van der Waals surface area contributed by atoms with Crippen LogP contribution in [0.1, 0.15) is 42.5 Å². The fourth-order valence-corrected chi connectivity index (χ4v) is 4.93. The van der Waals surface area contributed by atoms with Crippen molar-refractivity contribution in [2.75, 3.05) is 32.8 Å². The SMILES string of the molecule is O=C1NC[C@@H]2C=CC[C@@H](CCOc3ccccc3C(=O)N3CCN(C4CCC4)C[C@@H]13)O2. The van der Waals surface area contributed by atoms with Crippen molar-refractivity contribution >= 4 is 11.8 Å². The van der Waals surface area contributed by atoms with Crippen LogP contribution in [0.15, 0.2) is 36.4 Å². The number of carbonyl (C=O) groups excluding carboxylic acids is 2. The van der Waals surface area contributed by atoms with Gasteiger partial charge in [-0.1, -0.05) is 30.7 Å². The molecule has 0 unspecified atom stereocenters. The zero-order chi connectivity index (χ0) is 21.2. The Morgan fingerprint density at radius 2 is 1.94 bits per heavy atom. The van der Waals surface area contributed by atoms with Crippen molar-refractivity contribution in [1.29, 1.82) is 0 Å². The van der Waals surface area contributed by atoms with Crippen LogP contribution in [0.4, 0.5) is 0 Å². The molecule has 7 nitrogen and oxygen atoms in total. The zero-order valence-electron chi connectivity index (χ0n) is 17.9. The molecule has 1 aliphatic carbocycles. The van der Waals surface area contributed by atoms with Crippen LogP contribution >= 0.6 is 0 Å². The molecule has 166 valence electrons. The van der Waals surface area contributed by atoms with E-state index in [2.05, 4.69) is 16.3 Å². The summed E-state index contributed by atoms with van der Waals surface area (Å²) in [6.45, 7) is 2.84. The minimum atomic E-state index is -0.513. The zero-order valence-corrected chi connectivity index (χ0v) is 17.9. The van der Waals surface area contributed by atoms with Crippen molar-refractivity contribution in [3.8, 4) is 5.75 Å². The van der Waals surface area contributed by atoms with Crippen molar-refractivity contribution < 1.29 is 19.1 Å². The van der Waals surface area contributed by atoms with Gasteiger partial charge in [0.1, 0.15) is 11.8 Å². The normalized spacial score (nSPS) is 30.3. The number of hydrogen-bond donors (Lipinski definition) is 1. The van der Waals surface area contributed by atoms with Crippen LogP contribution in [0.2, 0.25) is 0 Å². The fourth-order valence-electron chi connectivity index (χ4n) is 4.93. The molecule has 1 saturated carbocycles. The van der Waals surface area contributed by atoms with Gasteiger partial charge in [0.25, 0.3) is 5.91 Å². The molecule has 1 aromatic rings. The summed E-state index contributed by atoms with van der Waals surface area (Å²) in [5, 5.41) is 3.06. The van der Waals surface area contributed by atoms with Crippen LogP contribution in [0, 0.1) is 0 Å². The van der Waals surface area contributed by atoms with Crippen molar-refractivity contribution in [3.05, 3.63) is 42.0 Å². The van der Waals surface area contributed by atoms with E-state index in [1.165, 1.54) is 19.3 Å². The van der Waals surface area contributed by atoms with E-state index in [0.29, 0.717) is 43.6 Å². The van der Waals surface area contributed by atoms with Crippen LogP contribution in [0.3, 0.4) is 0 Å². The first kappa shape index (κ1) is 20.5. The molecule has 0 radical (unpaired) electrons. The van der Waals surface area contributed by atoms with Crippen LogP contribution < -0.4 is 10.1 Å². The molecule has 2 fully saturated rings. The van der Waals surface area contributed by atoms with Crippen LogP contribution in [0.5, 0.6) is 5.75 Å². The predicted molar refractivity (Wildman–Crippen MR) is 116 cm³/mol. The monoisotopic (exact) mass is 425 g/mol. The number of benzene rings is 1. The molecule has 0 spiro atoms. The first-order chi connectivity index (χ1) is 15.2. The van der Waals surface area contributed by atoms with Gasteiger partial charge in [-0.25, -0.2) is 0 Å². The summed E-state index contributed by atoms with van der Waals surface area (Å²) in [7, 11) is 0. The molecule has 31 heavy (non-hydrogen) atoms. The number of hydrogen-bond acceptors (Lipinski definition) is 5. The Morgan fingerprint density at radius 1 is 1.06 bits per heavy atom. The topological polar surface area (TPSA) is 71.1 Å². The Morgan fingerprint density at radius 3 is 2.77 bits per heavy atom. The third kappa shape index (κ3) is 4.34. The number of nitrogens with one attached hydrogen (secondary N) is 1. The molecule has 2 amide bonds. The second-order valence-electron chi connectivity index (χ2n) is 8.93. The highest BCUT2D eigenvalue weighted by molar-refractivity contribution is 6.00. The molecule has 3 heterocycles. The molecule has 1 aromatic carbocycles. The lowest BCUT2D eigenvalue weighted by atomic mass is 9.90. The van der Waals surface area contributed by atoms with Crippen LogP contribution in [0.25, 0.3) is 0 Å². The van der Waals surface area contributed by atoms with Gasteiger partial charge >= 0.3 is 0 Å². The van der Waals surface area contributed by atoms with E-state index in [0.717, 1.165) is 19.4 Å². The van der Waals surface area contributed by atoms with Gasteiger partial charge in [0.2, 0.25) is 5.91 Å². The van der Waals surface area contributed by atoms with E-state index in [1.54, 1.807) is 11.0 Å². The molecule has 5 rings (SSSR count). The summed E-state index contributed by atoms with van der Waals surface area (Å²) in [6.07, 6.45) is 9.23. The van der Waals surface area contributed by atoms with Crippen LogP contribution in [-0.4, -0.2) is 78.7 Å². The maximum absolute atomic E-state index is 13.6. The number of rotatable bonds is 1. The maximum atomic E-state index is 13.6. The van der Waals surface area contributed by atoms with Gasteiger partial charge in [-0.3, -0.25) is 14.5 Å². The fraction of sp³-hybridized carbons (Fsp3) is 0.583. The molecule has 4 aliphatic rings.